The van der Waals surface area contributed by atoms with E-state index < -0.39 is 5.60 Å². The first-order valence-corrected chi connectivity index (χ1v) is 5.80. The number of hydrogen-bond acceptors (Lipinski definition) is 2. The Bertz CT molecular complexity index is 342. The first-order valence-electron chi connectivity index (χ1n) is 5.80. The molecule has 2 fully saturated rings. The summed E-state index contributed by atoms with van der Waals surface area (Å²) < 4.78 is 0. The van der Waals surface area contributed by atoms with E-state index in [2.05, 4.69) is 5.32 Å². The third kappa shape index (κ3) is 1.97. The maximum atomic E-state index is 10.7. The van der Waals surface area contributed by atoms with Gasteiger partial charge in [-0.25, -0.2) is 0 Å². The van der Waals surface area contributed by atoms with Crippen molar-refractivity contribution in [2.45, 2.75) is 43.4 Å². The Morgan fingerprint density at radius 3 is 2.19 bits per heavy atom. The Morgan fingerprint density at radius 2 is 1.62 bits per heavy atom. The van der Waals surface area contributed by atoms with E-state index in [1.165, 1.54) is 12.8 Å². The Morgan fingerprint density at radius 1 is 1.06 bits per heavy atom. The van der Waals surface area contributed by atoms with Gasteiger partial charge >= 0.3 is 0 Å². The third-order valence-electron chi connectivity index (χ3n) is 3.81. The summed E-state index contributed by atoms with van der Waals surface area (Å²) in [6, 6.07) is 11.2. The molecule has 0 saturated carbocycles. The number of nitrogens with one attached hydrogen (secondary N) is 1. The van der Waals surface area contributed by atoms with Crippen molar-refractivity contribution in [1.82, 2.24) is 5.32 Å². The largest absolute Gasteiger partial charge is 0.385 e. The van der Waals surface area contributed by atoms with Gasteiger partial charge in [0.1, 0.15) is 0 Å². The van der Waals surface area contributed by atoms with Crippen LogP contribution in [0.1, 0.15) is 31.2 Å². The van der Waals surface area contributed by atoms with E-state index in [0.29, 0.717) is 12.1 Å². The molecule has 0 spiro atoms. The van der Waals surface area contributed by atoms with Crippen molar-refractivity contribution < 1.29 is 5.11 Å². The average molecular weight is 240 g/mol. The van der Waals surface area contributed by atoms with Crippen molar-refractivity contribution in [2.75, 3.05) is 0 Å². The van der Waals surface area contributed by atoms with Gasteiger partial charge in [0, 0.05) is 12.1 Å². The molecule has 1 aromatic rings. The zero-order valence-electron chi connectivity index (χ0n) is 9.23. The van der Waals surface area contributed by atoms with Gasteiger partial charge in [-0.2, -0.15) is 0 Å². The fourth-order valence-electron chi connectivity index (χ4n) is 3.11. The molecule has 0 aromatic heterocycles. The molecule has 2 aliphatic rings. The molecule has 0 aliphatic carbocycles. The number of benzene rings is 1. The molecule has 16 heavy (non-hydrogen) atoms. The summed E-state index contributed by atoms with van der Waals surface area (Å²) in [5, 5.41) is 14.2. The molecule has 2 atom stereocenters. The second-order valence-corrected chi connectivity index (χ2v) is 4.94. The minimum absolute atomic E-state index is 0. The molecule has 3 heteroatoms. The first kappa shape index (κ1) is 11.9. The van der Waals surface area contributed by atoms with Gasteiger partial charge in [-0.15, -0.1) is 12.4 Å². The smallest absolute Gasteiger partial charge is 0.0926 e. The molecule has 2 nitrogen and oxygen atoms in total. The van der Waals surface area contributed by atoms with Crippen LogP contribution in [0.2, 0.25) is 0 Å². The first-order chi connectivity index (χ1) is 7.26. The summed E-state index contributed by atoms with van der Waals surface area (Å²) >= 11 is 0. The highest BCUT2D eigenvalue weighted by atomic mass is 35.5. The summed E-state index contributed by atoms with van der Waals surface area (Å²) in [6.07, 6.45) is 4.18. The highest BCUT2D eigenvalue weighted by molar-refractivity contribution is 5.85. The SMILES string of the molecule is Cl.OC1(c2ccccc2)CC2CCC(C1)N2. The molecule has 2 bridgehead atoms. The van der Waals surface area contributed by atoms with Crippen LogP contribution in [0.25, 0.3) is 0 Å². The minimum atomic E-state index is -0.585. The van der Waals surface area contributed by atoms with E-state index in [4.69, 9.17) is 0 Å². The lowest BCUT2D eigenvalue weighted by Gasteiger charge is -2.37. The molecule has 2 N–H and O–H groups in total. The zero-order chi connectivity index (χ0) is 10.3. The Balaban J connectivity index is 0.000000963. The van der Waals surface area contributed by atoms with Crippen LogP contribution in [0.5, 0.6) is 0 Å². The van der Waals surface area contributed by atoms with Crippen molar-refractivity contribution in [2.24, 2.45) is 0 Å². The average Bonchev–Trinajstić information content (AvgIpc) is 2.60. The molecule has 2 heterocycles. The number of halogens is 1. The second-order valence-electron chi connectivity index (χ2n) is 4.94. The predicted molar refractivity (Wildman–Crippen MR) is 66.8 cm³/mol. The molecule has 3 rings (SSSR count). The zero-order valence-corrected chi connectivity index (χ0v) is 10.0. The molecule has 0 radical (unpaired) electrons. The lowest BCUT2D eigenvalue weighted by molar-refractivity contribution is -0.0114. The lowest BCUT2D eigenvalue weighted by atomic mass is 9.81. The van der Waals surface area contributed by atoms with Crippen LogP contribution < -0.4 is 5.32 Å². The maximum absolute atomic E-state index is 10.7. The normalized spacial score (nSPS) is 36.8. The third-order valence-corrected chi connectivity index (χ3v) is 3.81. The van der Waals surface area contributed by atoms with Crippen molar-refractivity contribution in [3.8, 4) is 0 Å². The number of piperidine rings is 1. The fourth-order valence-corrected chi connectivity index (χ4v) is 3.11. The monoisotopic (exact) mass is 239 g/mol. The van der Waals surface area contributed by atoms with E-state index >= 15 is 0 Å². The quantitative estimate of drug-likeness (QED) is 0.788. The Kier molecular flexibility index (Phi) is 3.24. The summed E-state index contributed by atoms with van der Waals surface area (Å²) in [5.41, 5.74) is 0.502. The molecular formula is C13H18ClNO. The topological polar surface area (TPSA) is 32.3 Å². The van der Waals surface area contributed by atoms with Crippen molar-refractivity contribution in [3.63, 3.8) is 0 Å². The summed E-state index contributed by atoms with van der Waals surface area (Å²) in [4.78, 5) is 0. The highest BCUT2D eigenvalue weighted by Gasteiger charge is 2.43. The van der Waals surface area contributed by atoms with Gasteiger partial charge in [-0.1, -0.05) is 30.3 Å². The van der Waals surface area contributed by atoms with E-state index in [1.807, 2.05) is 30.3 Å². The fraction of sp³-hybridized carbons (Fsp3) is 0.538. The van der Waals surface area contributed by atoms with Crippen LogP contribution in [0.15, 0.2) is 30.3 Å². The number of fused-ring (bicyclic) bond motifs is 2. The number of rotatable bonds is 1. The maximum Gasteiger partial charge on any atom is 0.0926 e. The predicted octanol–water partition coefficient (Wildman–Crippen LogP) is 2.21. The van der Waals surface area contributed by atoms with Crippen LogP contribution in [0, 0.1) is 0 Å². The molecule has 2 unspecified atom stereocenters. The lowest BCUT2D eigenvalue weighted by Crippen LogP contribution is -2.46. The molecule has 2 saturated heterocycles. The number of hydrogen-bond donors (Lipinski definition) is 2. The van der Waals surface area contributed by atoms with Crippen LogP contribution in [-0.4, -0.2) is 17.2 Å². The van der Waals surface area contributed by atoms with Gasteiger partial charge in [0.05, 0.1) is 5.60 Å². The van der Waals surface area contributed by atoms with Gasteiger partial charge in [0.15, 0.2) is 0 Å². The standard InChI is InChI=1S/C13H17NO.ClH/c15-13(10-4-2-1-3-5-10)8-11-6-7-12(9-13)14-11;/h1-5,11-12,14-15H,6-9H2;1H. The van der Waals surface area contributed by atoms with Crippen molar-refractivity contribution in [1.29, 1.82) is 0 Å². The van der Waals surface area contributed by atoms with Crippen LogP contribution in [0.4, 0.5) is 0 Å². The molecule has 88 valence electrons. The Hall–Kier alpha value is -0.570. The van der Waals surface area contributed by atoms with Gasteiger partial charge in [0.25, 0.3) is 0 Å². The second kappa shape index (κ2) is 4.36. The van der Waals surface area contributed by atoms with Gasteiger partial charge in [0.2, 0.25) is 0 Å². The molecule has 1 aromatic carbocycles. The summed E-state index contributed by atoms with van der Waals surface area (Å²) in [5.74, 6) is 0. The van der Waals surface area contributed by atoms with Gasteiger partial charge in [-0.05, 0) is 31.2 Å². The molecular weight excluding hydrogens is 222 g/mol. The van der Waals surface area contributed by atoms with E-state index in [0.717, 1.165) is 18.4 Å². The summed E-state index contributed by atoms with van der Waals surface area (Å²) in [7, 11) is 0. The van der Waals surface area contributed by atoms with E-state index in [-0.39, 0.29) is 12.4 Å². The van der Waals surface area contributed by atoms with E-state index in [1.54, 1.807) is 0 Å². The van der Waals surface area contributed by atoms with Gasteiger partial charge in [-0.3, -0.25) is 0 Å². The van der Waals surface area contributed by atoms with Gasteiger partial charge < -0.3 is 10.4 Å². The Labute approximate surface area is 102 Å². The molecule has 2 aliphatic heterocycles. The van der Waals surface area contributed by atoms with Crippen LogP contribution in [0.3, 0.4) is 0 Å². The van der Waals surface area contributed by atoms with Crippen LogP contribution >= 0.6 is 12.4 Å². The minimum Gasteiger partial charge on any atom is -0.385 e. The highest BCUT2D eigenvalue weighted by Crippen LogP contribution is 2.40. The summed E-state index contributed by atoms with van der Waals surface area (Å²) in [6.45, 7) is 0. The van der Waals surface area contributed by atoms with Crippen LogP contribution in [-0.2, 0) is 5.60 Å². The number of aliphatic hydroxyl groups is 1. The molecule has 0 amide bonds. The van der Waals surface area contributed by atoms with Crippen molar-refractivity contribution in [3.05, 3.63) is 35.9 Å². The van der Waals surface area contributed by atoms with Crippen molar-refractivity contribution >= 4 is 12.4 Å². The van der Waals surface area contributed by atoms with E-state index in [9.17, 15) is 5.11 Å².